The number of carbonyl (C=O) groups excluding carboxylic acids is 1. The summed E-state index contributed by atoms with van der Waals surface area (Å²) in [4.78, 5) is 17.8. The number of thiazole rings is 1. The van der Waals surface area contributed by atoms with Crippen LogP contribution >= 0.6 is 11.3 Å². The van der Waals surface area contributed by atoms with Gasteiger partial charge in [-0.15, -0.1) is 11.3 Å². The number of aryl methyl sites for hydroxylation is 1. The molecule has 3 aromatic rings. The molecule has 0 unspecified atom stereocenters. The lowest BCUT2D eigenvalue weighted by molar-refractivity contribution is -0.112. The fourth-order valence-electron chi connectivity index (χ4n) is 2.42. The van der Waals surface area contributed by atoms with E-state index >= 15 is 0 Å². The summed E-state index contributed by atoms with van der Waals surface area (Å²) in [5, 5.41) is 31.2. The molecule has 7 heteroatoms. The first kappa shape index (κ1) is 18.2. The van der Waals surface area contributed by atoms with E-state index in [4.69, 9.17) is 0 Å². The summed E-state index contributed by atoms with van der Waals surface area (Å²) in [5.74, 6) is -1.20. The Balaban J connectivity index is 1.82. The third kappa shape index (κ3) is 4.14. The van der Waals surface area contributed by atoms with Crippen LogP contribution in [0, 0.1) is 18.3 Å². The highest BCUT2D eigenvalue weighted by Gasteiger charge is 2.15. The number of benzene rings is 2. The average molecular weight is 377 g/mol. The fraction of sp³-hybridized carbons (Fsp3) is 0.0500. The molecule has 6 nitrogen and oxygen atoms in total. The number of rotatable bonds is 4. The molecular weight excluding hydrogens is 362 g/mol. The van der Waals surface area contributed by atoms with Crippen molar-refractivity contribution in [3.8, 4) is 28.8 Å². The van der Waals surface area contributed by atoms with Crippen LogP contribution in [0.5, 0.6) is 11.5 Å². The van der Waals surface area contributed by atoms with Crippen molar-refractivity contribution < 1.29 is 15.0 Å². The van der Waals surface area contributed by atoms with Crippen LogP contribution in [-0.2, 0) is 4.79 Å². The van der Waals surface area contributed by atoms with Crippen molar-refractivity contribution in [3.63, 3.8) is 0 Å². The van der Waals surface area contributed by atoms with Gasteiger partial charge < -0.3 is 10.2 Å². The number of phenolic OH excluding ortho intramolecular Hbond substituents is 2. The SMILES string of the molecule is Cc1sc(NC(=O)/C(C#N)=C/c2ccc(O)c(O)c2)nc1-c1ccccc1. The van der Waals surface area contributed by atoms with Crippen LogP contribution in [0.25, 0.3) is 17.3 Å². The Kier molecular flexibility index (Phi) is 5.20. The molecule has 0 saturated carbocycles. The lowest BCUT2D eigenvalue weighted by Crippen LogP contribution is -2.13. The van der Waals surface area contributed by atoms with Crippen molar-refractivity contribution in [2.75, 3.05) is 5.32 Å². The van der Waals surface area contributed by atoms with Crippen LogP contribution < -0.4 is 5.32 Å². The summed E-state index contributed by atoms with van der Waals surface area (Å²) in [5.41, 5.74) is 2.00. The molecule has 0 bridgehead atoms. The van der Waals surface area contributed by atoms with Gasteiger partial charge in [0.15, 0.2) is 16.6 Å². The lowest BCUT2D eigenvalue weighted by Gasteiger charge is -2.02. The number of nitriles is 1. The van der Waals surface area contributed by atoms with Crippen LogP contribution in [0.4, 0.5) is 5.13 Å². The molecule has 3 rings (SSSR count). The maximum atomic E-state index is 12.4. The number of aromatic nitrogens is 1. The molecule has 0 spiro atoms. The zero-order valence-corrected chi connectivity index (χ0v) is 15.1. The second-order valence-electron chi connectivity index (χ2n) is 5.66. The van der Waals surface area contributed by atoms with Gasteiger partial charge in [0.25, 0.3) is 5.91 Å². The summed E-state index contributed by atoms with van der Waals surface area (Å²) in [7, 11) is 0. The van der Waals surface area contributed by atoms with Gasteiger partial charge >= 0.3 is 0 Å². The highest BCUT2D eigenvalue weighted by Crippen LogP contribution is 2.30. The van der Waals surface area contributed by atoms with Gasteiger partial charge in [0.1, 0.15) is 11.6 Å². The quantitative estimate of drug-likeness (QED) is 0.361. The molecule has 1 amide bonds. The van der Waals surface area contributed by atoms with E-state index in [1.807, 2.05) is 43.3 Å². The normalized spacial score (nSPS) is 11.0. The number of nitrogens with one attached hydrogen (secondary N) is 1. The number of amides is 1. The molecule has 27 heavy (non-hydrogen) atoms. The van der Waals surface area contributed by atoms with E-state index in [9.17, 15) is 20.3 Å². The van der Waals surface area contributed by atoms with Crippen LogP contribution in [0.15, 0.2) is 54.1 Å². The summed E-state index contributed by atoms with van der Waals surface area (Å²) in [6.45, 7) is 1.91. The number of aromatic hydroxyl groups is 2. The molecule has 3 N–H and O–H groups in total. The summed E-state index contributed by atoms with van der Waals surface area (Å²) < 4.78 is 0. The molecule has 134 valence electrons. The van der Waals surface area contributed by atoms with E-state index in [-0.39, 0.29) is 17.1 Å². The smallest absolute Gasteiger partial charge is 0.268 e. The van der Waals surface area contributed by atoms with Crippen molar-refractivity contribution in [3.05, 3.63) is 64.5 Å². The zero-order valence-electron chi connectivity index (χ0n) is 14.3. The number of phenols is 2. The van der Waals surface area contributed by atoms with E-state index in [0.29, 0.717) is 10.7 Å². The first-order valence-corrected chi connectivity index (χ1v) is 8.77. The Morgan fingerprint density at radius 3 is 2.59 bits per heavy atom. The fourth-order valence-corrected chi connectivity index (χ4v) is 3.25. The Labute approximate surface area is 159 Å². The number of nitrogens with zero attached hydrogens (tertiary/aromatic N) is 2. The third-order valence-electron chi connectivity index (χ3n) is 3.74. The van der Waals surface area contributed by atoms with Crippen LogP contribution in [0.3, 0.4) is 0 Å². The standard InChI is InChI=1S/C20H15N3O3S/c1-12-18(14-5-3-2-4-6-14)22-20(27-12)23-19(26)15(11-21)9-13-7-8-16(24)17(25)10-13/h2-10,24-25H,1H3,(H,22,23,26)/b15-9+. The maximum absolute atomic E-state index is 12.4. The first-order chi connectivity index (χ1) is 13.0. The molecule has 1 heterocycles. The predicted octanol–water partition coefficient (Wildman–Crippen LogP) is 4.08. The molecule has 1 aromatic heterocycles. The number of anilines is 1. The highest BCUT2D eigenvalue weighted by molar-refractivity contribution is 7.16. The summed E-state index contributed by atoms with van der Waals surface area (Å²) in [6, 6.07) is 15.5. The molecule has 0 aliphatic rings. The molecule has 0 atom stereocenters. The second kappa shape index (κ2) is 7.72. The monoisotopic (exact) mass is 377 g/mol. The Hall–Kier alpha value is -3.63. The van der Waals surface area contributed by atoms with Crippen LogP contribution in [0.1, 0.15) is 10.4 Å². The van der Waals surface area contributed by atoms with Crippen molar-refractivity contribution in [2.45, 2.75) is 6.92 Å². The van der Waals surface area contributed by atoms with E-state index < -0.39 is 5.91 Å². The second-order valence-corrected chi connectivity index (χ2v) is 6.87. The first-order valence-electron chi connectivity index (χ1n) is 7.96. The number of hydrogen-bond acceptors (Lipinski definition) is 6. The summed E-state index contributed by atoms with van der Waals surface area (Å²) in [6.07, 6.45) is 1.33. The minimum absolute atomic E-state index is 0.144. The average Bonchev–Trinajstić information content (AvgIpc) is 3.03. The van der Waals surface area contributed by atoms with Gasteiger partial charge in [-0.3, -0.25) is 10.1 Å². The molecule has 0 saturated heterocycles. The largest absolute Gasteiger partial charge is 0.504 e. The van der Waals surface area contributed by atoms with Crippen molar-refractivity contribution in [2.24, 2.45) is 0 Å². The summed E-state index contributed by atoms with van der Waals surface area (Å²) >= 11 is 1.32. The van der Waals surface area contributed by atoms with Gasteiger partial charge in [-0.05, 0) is 30.7 Å². The molecular formula is C20H15N3O3S. The van der Waals surface area contributed by atoms with E-state index in [1.54, 1.807) is 0 Å². The minimum Gasteiger partial charge on any atom is -0.504 e. The number of carbonyl (C=O) groups is 1. The maximum Gasteiger partial charge on any atom is 0.268 e. The zero-order chi connectivity index (χ0) is 19.4. The van der Waals surface area contributed by atoms with Gasteiger partial charge in [-0.25, -0.2) is 4.98 Å². The van der Waals surface area contributed by atoms with E-state index in [2.05, 4.69) is 10.3 Å². The van der Waals surface area contributed by atoms with Crippen molar-refractivity contribution in [1.82, 2.24) is 4.98 Å². The van der Waals surface area contributed by atoms with Crippen molar-refractivity contribution >= 4 is 28.5 Å². The number of hydrogen-bond donors (Lipinski definition) is 3. The Morgan fingerprint density at radius 1 is 1.19 bits per heavy atom. The van der Waals surface area contributed by atoms with E-state index in [1.165, 1.54) is 35.6 Å². The van der Waals surface area contributed by atoms with Gasteiger partial charge in [0.05, 0.1) is 5.69 Å². The Bertz CT molecular complexity index is 1070. The molecule has 0 aliphatic heterocycles. The molecule has 0 fully saturated rings. The van der Waals surface area contributed by atoms with Gasteiger partial charge in [0.2, 0.25) is 0 Å². The molecule has 0 aliphatic carbocycles. The minimum atomic E-state index is -0.599. The van der Waals surface area contributed by atoms with Crippen LogP contribution in [-0.4, -0.2) is 21.1 Å². The van der Waals surface area contributed by atoms with Crippen LogP contribution in [0.2, 0.25) is 0 Å². The van der Waals surface area contributed by atoms with Gasteiger partial charge in [-0.1, -0.05) is 36.4 Å². The predicted molar refractivity (Wildman–Crippen MR) is 104 cm³/mol. The Morgan fingerprint density at radius 2 is 1.93 bits per heavy atom. The molecule has 2 aromatic carbocycles. The molecule has 0 radical (unpaired) electrons. The topological polar surface area (TPSA) is 106 Å². The van der Waals surface area contributed by atoms with E-state index in [0.717, 1.165) is 16.1 Å². The highest BCUT2D eigenvalue weighted by atomic mass is 32.1. The third-order valence-corrected chi connectivity index (χ3v) is 4.63. The van der Waals surface area contributed by atoms with Gasteiger partial charge in [0, 0.05) is 10.4 Å². The van der Waals surface area contributed by atoms with Crippen molar-refractivity contribution in [1.29, 1.82) is 5.26 Å². The van der Waals surface area contributed by atoms with Gasteiger partial charge in [-0.2, -0.15) is 5.26 Å². The lowest BCUT2D eigenvalue weighted by atomic mass is 10.1.